The van der Waals surface area contributed by atoms with E-state index in [9.17, 15) is 14.6 Å². The lowest BCUT2D eigenvalue weighted by molar-refractivity contribution is 0.474. The zero-order chi connectivity index (χ0) is 23.7. The molecule has 6 aromatic rings. The van der Waals surface area contributed by atoms with Gasteiger partial charge in [-0.15, -0.1) is 0 Å². The third-order valence-electron chi connectivity index (χ3n) is 5.47. The molecule has 0 aliphatic rings. The van der Waals surface area contributed by atoms with Gasteiger partial charge in [-0.05, 0) is 73.7 Å². The molecule has 0 unspecified atom stereocenters. The molecular formula is C30H25FO4. The quantitative estimate of drug-likeness (QED) is 0.267. The first-order valence-corrected chi connectivity index (χ1v) is 10.7. The second kappa shape index (κ2) is 9.77. The molecule has 0 aliphatic heterocycles. The van der Waals surface area contributed by atoms with Crippen LogP contribution in [0, 0.1) is 12.7 Å². The number of hydrogen-bond acceptors (Lipinski definition) is 4. The molecule has 0 fully saturated rings. The number of benzene rings is 4. The van der Waals surface area contributed by atoms with Crippen LogP contribution in [-0.2, 0) is 0 Å². The van der Waals surface area contributed by atoms with E-state index in [0.29, 0.717) is 11.3 Å². The molecular weight excluding hydrogens is 442 g/mol. The third kappa shape index (κ3) is 5.20. The van der Waals surface area contributed by atoms with Gasteiger partial charge in [0.25, 0.3) is 0 Å². The molecule has 0 bridgehead atoms. The summed E-state index contributed by atoms with van der Waals surface area (Å²) in [7, 11) is 0. The number of aromatic hydroxyl groups is 2. The fourth-order valence-electron chi connectivity index (χ4n) is 3.67. The summed E-state index contributed by atoms with van der Waals surface area (Å²) in [6.07, 6.45) is 0. The van der Waals surface area contributed by atoms with E-state index in [2.05, 4.69) is 19.1 Å². The van der Waals surface area contributed by atoms with Gasteiger partial charge >= 0.3 is 0 Å². The molecule has 0 spiro atoms. The lowest BCUT2D eigenvalue weighted by Gasteiger charge is -1.96. The van der Waals surface area contributed by atoms with Gasteiger partial charge in [0, 0.05) is 28.0 Å². The van der Waals surface area contributed by atoms with Crippen LogP contribution in [-0.4, -0.2) is 10.2 Å². The van der Waals surface area contributed by atoms with E-state index >= 15 is 0 Å². The fourth-order valence-corrected chi connectivity index (χ4v) is 3.67. The van der Waals surface area contributed by atoms with E-state index in [1.54, 1.807) is 48.5 Å². The van der Waals surface area contributed by atoms with Crippen LogP contribution >= 0.6 is 0 Å². The van der Waals surface area contributed by atoms with Crippen LogP contribution in [0.25, 0.3) is 44.6 Å². The van der Waals surface area contributed by atoms with E-state index < -0.39 is 0 Å². The maximum Gasteiger partial charge on any atom is 0.138 e. The first-order chi connectivity index (χ1) is 16.4. The van der Waals surface area contributed by atoms with Gasteiger partial charge in [0.15, 0.2) is 0 Å². The summed E-state index contributed by atoms with van der Waals surface area (Å²) in [6.45, 7) is 2.06. The number of rotatable bonds is 2. The number of hydrogen-bond donors (Lipinski definition) is 2. The fraction of sp³-hybridized carbons (Fsp3) is 0.0667. The molecule has 0 aliphatic carbocycles. The van der Waals surface area contributed by atoms with Crippen molar-refractivity contribution in [3.05, 3.63) is 108 Å². The Bertz CT molecular complexity index is 1450. The SMILES string of the molecule is C.Cc1ccc(-c2cc3cc(O)ccc3o2)cc1.Oc1ccc2cc(-c3ccc([18F])cc3)oc2c1. The molecule has 176 valence electrons. The zero-order valence-electron chi connectivity index (χ0n) is 18.3. The molecule has 0 saturated heterocycles. The van der Waals surface area contributed by atoms with E-state index in [4.69, 9.17) is 8.83 Å². The molecule has 4 aromatic carbocycles. The topological polar surface area (TPSA) is 66.7 Å². The van der Waals surface area contributed by atoms with Gasteiger partial charge in [-0.2, -0.15) is 0 Å². The van der Waals surface area contributed by atoms with Gasteiger partial charge in [-0.1, -0.05) is 37.3 Å². The van der Waals surface area contributed by atoms with Crippen LogP contribution in [0.1, 0.15) is 13.0 Å². The minimum atomic E-state index is -0.275. The van der Waals surface area contributed by atoms with Crippen molar-refractivity contribution in [2.45, 2.75) is 14.4 Å². The Hall–Kier alpha value is -4.51. The number of fused-ring (bicyclic) bond motifs is 2. The second-order valence-electron chi connectivity index (χ2n) is 8.04. The normalized spacial score (nSPS) is 10.6. The highest BCUT2D eigenvalue weighted by Crippen LogP contribution is 2.31. The van der Waals surface area contributed by atoms with Crippen molar-refractivity contribution in [3.63, 3.8) is 0 Å². The summed E-state index contributed by atoms with van der Waals surface area (Å²) >= 11 is 0. The van der Waals surface area contributed by atoms with Crippen LogP contribution in [0.15, 0.2) is 106 Å². The minimum Gasteiger partial charge on any atom is -0.508 e. The Morgan fingerprint density at radius 2 is 1.11 bits per heavy atom. The van der Waals surface area contributed by atoms with Crippen molar-refractivity contribution in [1.82, 2.24) is 0 Å². The standard InChI is InChI=1S/C15H12O2.C14H9FO2.CH4/c1-10-2-4-11(5-3-10)15-9-12-8-13(16)6-7-14(12)17-15;15-11-4-1-9(2-5-11)13-7-10-3-6-12(16)8-14(10)17-13;/h2-9,16H,1H3;1-8,16H;1H4/i;15-1;. The summed E-state index contributed by atoms with van der Waals surface area (Å²) in [5, 5.41) is 20.6. The van der Waals surface area contributed by atoms with E-state index in [0.717, 1.165) is 33.2 Å². The zero-order valence-corrected chi connectivity index (χ0v) is 18.3. The lowest BCUT2D eigenvalue weighted by Crippen LogP contribution is -1.74. The van der Waals surface area contributed by atoms with E-state index in [1.807, 2.05) is 24.3 Å². The van der Waals surface area contributed by atoms with Gasteiger partial charge in [0.2, 0.25) is 0 Å². The molecule has 4 nitrogen and oxygen atoms in total. The molecule has 6 rings (SSSR count). The lowest BCUT2D eigenvalue weighted by atomic mass is 10.1. The third-order valence-corrected chi connectivity index (χ3v) is 5.47. The largest absolute Gasteiger partial charge is 0.508 e. The predicted molar refractivity (Wildman–Crippen MR) is 138 cm³/mol. The number of phenols is 2. The summed E-state index contributed by atoms with van der Waals surface area (Å²) in [5.41, 5.74) is 4.48. The number of aryl methyl sites for hydroxylation is 1. The average molecular weight is 468 g/mol. The number of phenolic OH excluding ortho intramolecular Hbond substituents is 2. The highest BCUT2D eigenvalue weighted by Gasteiger charge is 2.07. The van der Waals surface area contributed by atoms with Crippen LogP contribution in [0.3, 0.4) is 0 Å². The van der Waals surface area contributed by atoms with Crippen LogP contribution in [0.2, 0.25) is 0 Å². The number of halogens is 1. The van der Waals surface area contributed by atoms with Gasteiger partial charge in [0.1, 0.15) is 40.0 Å². The van der Waals surface area contributed by atoms with E-state index in [-0.39, 0.29) is 24.7 Å². The van der Waals surface area contributed by atoms with E-state index in [1.165, 1.54) is 17.7 Å². The molecule has 0 amide bonds. The second-order valence-corrected chi connectivity index (χ2v) is 8.04. The van der Waals surface area contributed by atoms with Gasteiger partial charge < -0.3 is 19.0 Å². The van der Waals surface area contributed by atoms with Gasteiger partial charge in [-0.25, -0.2) is 4.39 Å². The van der Waals surface area contributed by atoms with Crippen molar-refractivity contribution in [1.29, 1.82) is 0 Å². The molecule has 5 heteroatoms. The van der Waals surface area contributed by atoms with Gasteiger partial charge in [-0.3, -0.25) is 0 Å². The monoisotopic (exact) mass is 467 g/mol. The Kier molecular flexibility index (Phi) is 6.60. The van der Waals surface area contributed by atoms with Crippen molar-refractivity contribution >= 4 is 21.9 Å². The first-order valence-electron chi connectivity index (χ1n) is 10.7. The Balaban J connectivity index is 0.000000160. The minimum absolute atomic E-state index is 0. The van der Waals surface area contributed by atoms with Crippen molar-refractivity contribution in [2.24, 2.45) is 0 Å². The highest BCUT2D eigenvalue weighted by atomic mass is 18.2. The Morgan fingerprint density at radius 3 is 1.80 bits per heavy atom. The molecule has 2 aromatic heterocycles. The van der Waals surface area contributed by atoms with Crippen LogP contribution < -0.4 is 0 Å². The summed E-state index contributed by atoms with van der Waals surface area (Å²) in [5.74, 6) is 1.63. The Morgan fingerprint density at radius 1 is 0.571 bits per heavy atom. The summed E-state index contributed by atoms with van der Waals surface area (Å²) in [6, 6.07) is 28.1. The molecule has 2 N–H and O–H groups in total. The smallest absolute Gasteiger partial charge is 0.138 e. The maximum absolute atomic E-state index is 12.8. The molecule has 0 saturated carbocycles. The summed E-state index contributed by atoms with van der Waals surface area (Å²) in [4.78, 5) is 0. The molecule has 35 heavy (non-hydrogen) atoms. The van der Waals surface area contributed by atoms with Crippen LogP contribution in [0.4, 0.5) is 4.39 Å². The van der Waals surface area contributed by atoms with Crippen molar-refractivity contribution in [3.8, 4) is 34.1 Å². The maximum atomic E-state index is 12.8. The summed E-state index contributed by atoms with van der Waals surface area (Å²) < 4.78 is 24.1. The van der Waals surface area contributed by atoms with Crippen LogP contribution in [0.5, 0.6) is 11.5 Å². The molecule has 0 atom stereocenters. The first kappa shape index (κ1) is 23.6. The average Bonchev–Trinajstić information content (AvgIpc) is 3.44. The predicted octanol–water partition coefficient (Wildman–Crippen LogP) is 8.69. The highest BCUT2D eigenvalue weighted by molar-refractivity contribution is 5.84. The Labute approximate surface area is 202 Å². The van der Waals surface area contributed by atoms with Crippen molar-refractivity contribution in [2.75, 3.05) is 0 Å². The van der Waals surface area contributed by atoms with Crippen molar-refractivity contribution < 1.29 is 23.4 Å². The molecule has 0 radical (unpaired) electrons. The number of furan rings is 2. The molecule has 2 heterocycles. The van der Waals surface area contributed by atoms with Gasteiger partial charge in [0.05, 0.1) is 0 Å².